The van der Waals surface area contributed by atoms with Crippen LogP contribution in [0.5, 0.6) is 23.0 Å². The lowest BCUT2D eigenvalue weighted by Gasteiger charge is -2.10. The second-order valence-electron chi connectivity index (χ2n) is 4.67. The second kappa shape index (κ2) is 4.56. The van der Waals surface area contributed by atoms with Gasteiger partial charge in [-0.1, -0.05) is 0 Å². The molecule has 0 unspecified atom stereocenters. The maximum atomic E-state index is 5.96. The molecule has 0 bridgehead atoms. The van der Waals surface area contributed by atoms with E-state index >= 15 is 0 Å². The van der Waals surface area contributed by atoms with Crippen molar-refractivity contribution in [2.45, 2.75) is 0 Å². The Morgan fingerprint density at radius 2 is 1.95 bits per heavy atom. The van der Waals surface area contributed by atoms with Gasteiger partial charge in [0.2, 0.25) is 6.79 Å². The van der Waals surface area contributed by atoms with E-state index in [2.05, 4.69) is 4.98 Å². The zero-order valence-electron chi connectivity index (χ0n) is 11.1. The number of hydrogen-bond donors (Lipinski definition) is 1. The van der Waals surface area contributed by atoms with E-state index in [-0.39, 0.29) is 6.79 Å². The molecule has 104 valence electrons. The summed E-state index contributed by atoms with van der Waals surface area (Å²) in [6.45, 7) is 0.241. The second-order valence-corrected chi connectivity index (χ2v) is 4.67. The van der Waals surface area contributed by atoms with Crippen LogP contribution < -0.4 is 19.9 Å². The predicted molar refractivity (Wildman–Crippen MR) is 78.8 cm³/mol. The highest BCUT2D eigenvalue weighted by Crippen LogP contribution is 2.38. The third kappa shape index (κ3) is 1.99. The molecule has 0 saturated carbocycles. The largest absolute Gasteiger partial charge is 0.455 e. The number of anilines is 1. The molecule has 2 N–H and O–H groups in total. The zero-order chi connectivity index (χ0) is 14.2. The van der Waals surface area contributed by atoms with Gasteiger partial charge in [-0.25, -0.2) is 0 Å². The van der Waals surface area contributed by atoms with Crippen LogP contribution >= 0.6 is 0 Å². The lowest BCUT2D eigenvalue weighted by atomic mass is 10.1. The molecule has 0 spiro atoms. The smallest absolute Gasteiger partial charge is 0.231 e. The summed E-state index contributed by atoms with van der Waals surface area (Å²) in [6.07, 6.45) is 1.72. The van der Waals surface area contributed by atoms with Gasteiger partial charge in [0.05, 0.1) is 0 Å². The van der Waals surface area contributed by atoms with Crippen molar-refractivity contribution in [3.8, 4) is 23.0 Å². The molecule has 4 rings (SSSR count). The van der Waals surface area contributed by atoms with Crippen LogP contribution in [0.25, 0.3) is 10.9 Å². The van der Waals surface area contributed by atoms with E-state index in [0.717, 1.165) is 16.7 Å². The van der Waals surface area contributed by atoms with Gasteiger partial charge in [-0.3, -0.25) is 4.98 Å². The number of nitrogens with two attached hydrogens (primary N) is 1. The van der Waals surface area contributed by atoms with Gasteiger partial charge < -0.3 is 19.9 Å². The van der Waals surface area contributed by atoms with Gasteiger partial charge in [0, 0.05) is 23.3 Å². The molecule has 2 heterocycles. The van der Waals surface area contributed by atoms with E-state index in [0.29, 0.717) is 22.9 Å². The highest BCUT2D eigenvalue weighted by Gasteiger charge is 2.15. The molecule has 1 aliphatic heterocycles. The molecule has 2 aromatic carbocycles. The first-order valence-electron chi connectivity index (χ1n) is 6.52. The molecule has 0 atom stereocenters. The van der Waals surface area contributed by atoms with Crippen molar-refractivity contribution in [3.05, 3.63) is 48.7 Å². The fourth-order valence-corrected chi connectivity index (χ4v) is 2.32. The van der Waals surface area contributed by atoms with Gasteiger partial charge in [0.15, 0.2) is 17.2 Å². The average molecular weight is 280 g/mol. The molecule has 0 aliphatic carbocycles. The van der Waals surface area contributed by atoms with E-state index in [9.17, 15) is 0 Å². The molecule has 0 fully saturated rings. The van der Waals surface area contributed by atoms with Crippen molar-refractivity contribution in [3.63, 3.8) is 0 Å². The Hall–Kier alpha value is -2.95. The summed E-state index contributed by atoms with van der Waals surface area (Å²) in [5, 5.41) is 0.871. The van der Waals surface area contributed by atoms with Gasteiger partial charge in [-0.15, -0.1) is 0 Å². The standard InChI is InChI=1S/C16H12N2O3/c17-12-4-6-14(16-11(12)2-1-7-18-16)21-10-3-5-13-15(8-10)20-9-19-13/h1-8H,9,17H2. The summed E-state index contributed by atoms with van der Waals surface area (Å²) in [4.78, 5) is 4.35. The molecule has 21 heavy (non-hydrogen) atoms. The number of pyridine rings is 1. The molecule has 5 heteroatoms. The van der Waals surface area contributed by atoms with Crippen molar-refractivity contribution in [1.82, 2.24) is 4.98 Å². The third-order valence-corrected chi connectivity index (χ3v) is 3.34. The van der Waals surface area contributed by atoms with Crippen LogP contribution in [0.15, 0.2) is 48.7 Å². The van der Waals surface area contributed by atoms with Gasteiger partial charge in [0.1, 0.15) is 11.3 Å². The first-order valence-corrected chi connectivity index (χ1v) is 6.52. The van der Waals surface area contributed by atoms with Crippen molar-refractivity contribution < 1.29 is 14.2 Å². The van der Waals surface area contributed by atoms with Crippen LogP contribution in [-0.4, -0.2) is 11.8 Å². The number of nitrogen functional groups attached to an aromatic ring is 1. The predicted octanol–water partition coefficient (Wildman–Crippen LogP) is 3.34. The van der Waals surface area contributed by atoms with Crippen molar-refractivity contribution in [2.75, 3.05) is 12.5 Å². The van der Waals surface area contributed by atoms with Crippen molar-refractivity contribution in [1.29, 1.82) is 0 Å². The molecule has 0 radical (unpaired) electrons. The van der Waals surface area contributed by atoms with E-state index < -0.39 is 0 Å². The van der Waals surface area contributed by atoms with Crippen molar-refractivity contribution >= 4 is 16.6 Å². The van der Waals surface area contributed by atoms with E-state index in [4.69, 9.17) is 19.9 Å². The SMILES string of the molecule is Nc1ccc(Oc2ccc3c(c2)OCO3)c2ncccc12. The normalized spacial score (nSPS) is 12.6. The summed E-state index contributed by atoms with van der Waals surface area (Å²) in [6, 6.07) is 12.9. The first kappa shape index (κ1) is 11.8. The molecular formula is C16H12N2O3. The quantitative estimate of drug-likeness (QED) is 0.729. The summed E-state index contributed by atoms with van der Waals surface area (Å²) < 4.78 is 16.5. The number of benzene rings is 2. The highest BCUT2D eigenvalue weighted by molar-refractivity contribution is 5.94. The van der Waals surface area contributed by atoms with Crippen LogP contribution in [0.1, 0.15) is 0 Å². The fraction of sp³-hybridized carbons (Fsp3) is 0.0625. The Bertz CT molecular complexity index is 833. The van der Waals surface area contributed by atoms with E-state index in [1.54, 1.807) is 12.3 Å². The van der Waals surface area contributed by atoms with Gasteiger partial charge in [-0.2, -0.15) is 0 Å². The Labute approximate surface area is 120 Å². The zero-order valence-corrected chi connectivity index (χ0v) is 11.1. The summed E-state index contributed by atoms with van der Waals surface area (Å²) in [5.74, 6) is 2.72. The molecule has 3 aromatic rings. The van der Waals surface area contributed by atoms with Crippen LogP contribution in [0.3, 0.4) is 0 Å². The molecule has 1 aromatic heterocycles. The van der Waals surface area contributed by atoms with Crippen LogP contribution in [-0.2, 0) is 0 Å². The summed E-state index contributed by atoms with van der Waals surface area (Å²) in [5.41, 5.74) is 7.37. The van der Waals surface area contributed by atoms with Gasteiger partial charge in [0.25, 0.3) is 0 Å². The molecule has 0 saturated heterocycles. The Morgan fingerprint density at radius 1 is 1.05 bits per heavy atom. The maximum absolute atomic E-state index is 5.96. The van der Waals surface area contributed by atoms with Gasteiger partial charge in [-0.05, 0) is 36.4 Å². The molecule has 0 amide bonds. The monoisotopic (exact) mass is 280 g/mol. The summed E-state index contributed by atoms with van der Waals surface area (Å²) in [7, 11) is 0. The van der Waals surface area contributed by atoms with E-state index in [1.165, 1.54) is 0 Å². The number of aromatic nitrogens is 1. The van der Waals surface area contributed by atoms with E-state index in [1.807, 2.05) is 36.4 Å². The number of nitrogens with zero attached hydrogens (tertiary/aromatic N) is 1. The number of hydrogen-bond acceptors (Lipinski definition) is 5. The lowest BCUT2D eigenvalue weighted by Crippen LogP contribution is -1.93. The third-order valence-electron chi connectivity index (χ3n) is 3.34. The molecular weight excluding hydrogens is 268 g/mol. The van der Waals surface area contributed by atoms with Crippen LogP contribution in [0.4, 0.5) is 5.69 Å². The van der Waals surface area contributed by atoms with Crippen LogP contribution in [0, 0.1) is 0 Å². The lowest BCUT2D eigenvalue weighted by molar-refractivity contribution is 0.174. The summed E-state index contributed by atoms with van der Waals surface area (Å²) >= 11 is 0. The highest BCUT2D eigenvalue weighted by atomic mass is 16.7. The van der Waals surface area contributed by atoms with Gasteiger partial charge >= 0.3 is 0 Å². The average Bonchev–Trinajstić information content (AvgIpc) is 2.98. The van der Waals surface area contributed by atoms with Crippen molar-refractivity contribution in [2.24, 2.45) is 0 Å². The number of fused-ring (bicyclic) bond motifs is 2. The Kier molecular flexibility index (Phi) is 2.57. The maximum Gasteiger partial charge on any atom is 0.231 e. The number of ether oxygens (including phenoxy) is 3. The topological polar surface area (TPSA) is 66.6 Å². The Balaban J connectivity index is 1.76. The molecule has 5 nitrogen and oxygen atoms in total. The molecule has 1 aliphatic rings. The minimum absolute atomic E-state index is 0.241. The fourth-order valence-electron chi connectivity index (χ4n) is 2.32. The van der Waals surface area contributed by atoms with Crippen LogP contribution in [0.2, 0.25) is 0 Å². The minimum Gasteiger partial charge on any atom is -0.455 e. The number of rotatable bonds is 2. The first-order chi connectivity index (χ1) is 10.3. The minimum atomic E-state index is 0.241. The Morgan fingerprint density at radius 3 is 2.90 bits per heavy atom.